The first kappa shape index (κ1) is 21.5. The Morgan fingerprint density at radius 3 is 2.11 bits per heavy atom. The fraction of sp³-hybridized carbons (Fsp3) is 0.600. The Labute approximate surface area is 167 Å². The van der Waals surface area contributed by atoms with Gasteiger partial charge in [-0.1, -0.05) is 25.1 Å². The highest BCUT2D eigenvalue weighted by molar-refractivity contribution is 5.85. The average Bonchev–Trinajstić information content (AvgIpc) is 2.61. The van der Waals surface area contributed by atoms with Crippen molar-refractivity contribution in [2.24, 2.45) is 11.8 Å². The maximum Gasteiger partial charge on any atom is 0.263 e. The van der Waals surface area contributed by atoms with Crippen molar-refractivity contribution in [2.75, 3.05) is 39.3 Å². The summed E-state index contributed by atoms with van der Waals surface area (Å²) in [5, 5.41) is 3.22. The molecule has 27 heavy (non-hydrogen) atoms. The van der Waals surface area contributed by atoms with E-state index in [0.29, 0.717) is 32.1 Å². The molecule has 2 atom stereocenters. The van der Waals surface area contributed by atoms with Gasteiger partial charge in [0.2, 0.25) is 5.91 Å². The van der Waals surface area contributed by atoms with E-state index in [-0.39, 0.29) is 30.1 Å². The number of piperazine rings is 1. The first-order valence-electron chi connectivity index (χ1n) is 9.48. The molecule has 150 valence electrons. The molecule has 2 fully saturated rings. The molecule has 2 amide bonds. The second-order valence-electron chi connectivity index (χ2n) is 7.38. The van der Waals surface area contributed by atoms with Crippen LogP contribution in [0.25, 0.3) is 0 Å². The van der Waals surface area contributed by atoms with Crippen molar-refractivity contribution in [3.8, 4) is 5.75 Å². The molecule has 2 aliphatic heterocycles. The van der Waals surface area contributed by atoms with Crippen LogP contribution in [0.1, 0.15) is 19.4 Å². The largest absolute Gasteiger partial charge is 0.481 e. The lowest BCUT2D eigenvalue weighted by atomic mass is 9.88. The number of carbonyl (C=O) groups excluding carboxylic acids is 2. The molecule has 0 bridgehead atoms. The number of para-hydroxylation sites is 1. The van der Waals surface area contributed by atoms with Gasteiger partial charge < -0.3 is 19.9 Å². The fourth-order valence-corrected chi connectivity index (χ4v) is 3.49. The second kappa shape index (κ2) is 9.42. The van der Waals surface area contributed by atoms with E-state index in [4.69, 9.17) is 4.74 Å². The molecule has 2 heterocycles. The zero-order valence-corrected chi connectivity index (χ0v) is 17.1. The van der Waals surface area contributed by atoms with Gasteiger partial charge in [-0.05, 0) is 44.5 Å². The standard InChI is InChI=1S/C20H29N3O3.ClH/c1-14-6-4-5-7-18(14)26-16(3)20(25)23-10-8-22(9-11-23)19(24)15(2)17-12-21-13-17;/h4-7,15-17,21H,8-13H2,1-3H3;1H. The number of halogens is 1. The maximum atomic E-state index is 12.7. The van der Waals surface area contributed by atoms with Crippen LogP contribution in [-0.4, -0.2) is 67.0 Å². The highest BCUT2D eigenvalue weighted by atomic mass is 35.5. The lowest BCUT2D eigenvalue weighted by molar-refractivity contribution is -0.146. The summed E-state index contributed by atoms with van der Waals surface area (Å²) in [5.41, 5.74) is 1.02. The van der Waals surface area contributed by atoms with E-state index in [1.54, 1.807) is 6.92 Å². The van der Waals surface area contributed by atoms with Crippen LogP contribution in [0.15, 0.2) is 24.3 Å². The van der Waals surface area contributed by atoms with Crippen LogP contribution in [0.3, 0.4) is 0 Å². The molecule has 0 aromatic heterocycles. The number of amides is 2. The summed E-state index contributed by atoms with van der Waals surface area (Å²) in [5.74, 6) is 1.45. The van der Waals surface area contributed by atoms with E-state index < -0.39 is 6.10 Å². The molecule has 3 rings (SSSR count). The van der Waals surface area contributed by atoms with Gasteiger partial charge in [0.25, 0.3) is 5.91 Å². The predicted octanol–water partition coefficient (Wildman–Crippen LogP) is 1.71. The van der Waals surface area contributed by atoms with Crippen molar-refractivity contribution in [1.29, 1.82) is 0 Å². The van der Waals surface area contributed by atoms with Crippen LogP contribution in [0.2, 0.25) is 0 Å². The molecule has 0 aliphatic carbocycles. The lowest BCUT2D eigenvalue weighted by Gasteiger charge is -2.39. The molecule has 1 aromatic rings. The molecular weight excluding hydrogens is 366 g/mol. The molecule has 7 heteroatoms. The van der Waals surface area contributed by atoms with Crippen LogP contribution in [0.4, 0.5) is 0 Å². The normalized spacial score (nSPS) is 19.5. The zero-order chi connectivity index (χ0) is 18.7. The number of hydrogen-bond donors (Lipinski definition) is 1. The zero-order valence-electron chi connectivity index (χ0n) is 16.3. The Kier molecular flexibility index (Phi) is 7.50. The Bertz CT molecular complexity index is 658. The van der Waals surface area contributed by atoms with E-state index >= 15 is 0 Å². The molecule has 2 unspecified atom stereocenters. The molecule has 6 nitrogen and oxygen atoms in total. The van der Waals surface area contributed by atoms with Crippen molar-refractivity contribution in [3.63, 3.8) is 0 Å². The quantitative estimate of drug-likeness (QED) is 0.824. The molecular formula is C20H30ClN3O3. The number of aryl methyl sites for hydroxylation is 1. The van der Waals surface area contributed by atoms with Crippen LogP contribution in [0, 0.1) is 18.8 Å². The summed E-state index contributed by atoms with van der Waals surface area (Å²) in [6.07, 6.45) is -0.529. The van der Waals surface area contributed by atoms with Crippen molar-refractivity contribution in [3.05, 3.63) is 29.8 Å². The van der Waals surface area contributed by atoms with Crippen molar-refractivity contribution in [1.82, 2.24) is 15.1 Å². The molecule has 1 N–H and O–H groups in total. The summed E-state index contributed by atoms with van der Waals surface area (Å²) in [6, 6.07) is 7.70. The third kappa shape index (κ3) is 4.93. The minimum atomic E-state index is -0.529. The van der Waals surface area contributed by atoms with Gasteiger partial charge in [-0.15, -0.1) is 12.4 Å². The number of ether oxygens (including phenoxy) is 1. The Balaban J connectivity index is 0.00000261. The van der Waals surface area contributed by atoms with E-state index in [2.05, 4.69) is 5.32 Å². The van der Waals surface area contributed by atoms with E-state index in [1.807, 2.05) is 47.9 Å². The molecule has 0 saturated carbocycles. The average molecular weight is 396 g/mol. The molecule has 1 aromatic carbocycles. The number of nitrogens with one attached hydrogen (secondary N) is 1. The number of carbonyl (C=O) groups is 2. The van der Waals surface area contributed by atoms with Gasteiger partial charge in [0.05, 0.1) is 0 Å². The smallest absolute Gasteiger partial charge is 0.263 e. The van der Waals surface area contributed by atoms with Gasteiger partial charge in [-0.2, -0.15) is 0 Å². The van der Waals surface area contributed by atoms with Gasteiger partial charge in [-0.25, -0.2) is 0 Å². The summed E-state index contributed by atoms with van der Waals surface area (Å²) < 4.78 is 5.85. The SMILES string of the molecule is Cc1ccccc1OC(C)C(=O)N1CCN(C(=O)C(C)C2CNC2)CC1.Cl. The minimum Gasteiger partial charge on any atom is -0.481 e. The number of nitrogens with zero attached hydrogens (tertiary/aromatic N) is 2. The van der Waals surface area contributed by atoms with Crippen molar-refractivity contribution in [2.45, 2.75) is 26.9 Å². The number of hydrogen-bond acceptors (Lipinski definition) is 4. The van der Waals surface area contributed by atoms with Crippen LogP contribution < -0.4 is 10.1 Å². The monoisotopic (exact) mass is 395 g/mol. The summed E-state index contributed by atoms with van der Waals surface area (Å²) in [4.78, 5) is 29.0. The first-order chi connectivity index (χ1) is 12.5. The summed E-state index contributed by atoms with van der Waals surface area (Å²) >= 11 is 0. The lowest BCUT2D eigenvalue weighted by Crippen LogP contribution is -2.56. The Morgan fingerprint density at radius 1 is 1.04 bits per heavy atom. The fourth-order valence-electron chi connectivity index (χ4n) is 3.49. The third-order valence-electron chi connectivity index (χ3n) is 5.56. The minimum absolute atomic E-state index is 0. The molecule has 0 spiro atoms. The molecule has 2 aliphatic rings. The summed E-state index contributed by atoms with van der Waals surface area (Å²) in [6.45, 7) is 9.98. The van der Waals surface area contributed by atoms with Gasteiger partial charge in [0.15, 0.2) is 6.10 Å². The Hall–Kier alpha value is -1.79. The van der Waals surface area contributed by atoms with Gasteiger partial charge in [-0.3, -0.25) is 9.59 Å². The van der Waals surface area contributed by atoms with E-state index in [1.165, 1.54) is 0 Å². The number of rotatable bonds is 5. The Morgan fingerprint density at radius 2 is 1.59 bits per heavy atom. The van der Waals surface area contributed by atoms with Gasteiger partial charge in [0, 0.05) is 32.1 Å². The van der Waals surface area contributed by atoms with Gasteiger partial charge in [0.1, 0.15) is 5.75 Å². The third-order valence-corrected chi connectivity index (χ3v) is 5.56. The van der Waals surface area contributed by atoms with E-state index in [0.717, 1.165) is 24.4 Å². The van der Waals surface area contributed by atoms with Crippen molar-refractivity contribution >= 4 is 24.2 Å². The predicted molar refractivity (Wildman–Crippen MR) is 107 cm³/mol. The van der Waals surface area contributed by atoms with E-state index in [9.17, 15) is 9.59 Å². The summed E-state index contributed by atoms with van der Waals surface area (Å²) in [7, 11) is 0. The number of benzene rings is 1. The van der Waals surface area contributed by atoms with Gasteiger partial charge >= 0.3 is 0 Å². The maximum absolute atomic E-state index is 12.7. The van der Waals surface area contributed by atoms with Crippen LogP contribution in [0.5, 0.6) is 5.75 Å². The topological polar surface area (TPSA) is 61.9 Å². The molecule has 0 radical (unpaired) electrons. The molecule has 2 saturated heterocycles. The highest BCUT2D eigenvalue weighted by Gasteiger charge is 2.34. The highest BCUT2D eigenvalue weighted by Crippen LogP contribution is 2.21. The van der Waals surface area contributed by atoms with Crippen molar-refractivity contribution < 1.29 is 14.3 Å². The first-order valence-corrected chi connectivity index (χ1v) is 9.48. The van der Waals surface area contributed by atoms with Crippen LogP contribution >= 0.6 is 12.4 Å². The van der Waals surface area contributed by atoms with Crippen LogP contribution in [-0.2, 0) is 9.59 Å². The second-order valence-corrected chi connectivity index (χ2v) is 7.38.